The van der Waals surface area contributed by atoms with Crippen LogP contribution in [0.15, 0.2) is 24.3 Å². The SMILES string of the molecule is C=C[C@@H](OC(C)C)C1C=C(C)CN1C. The van der Waals surface area contributed by atoms with Crippen molar-refractivity contribution in [1.82, 2.24) is 4.90 Å². The first-order valence-corrected chi connectivity index (χ1v) is 5.20. The molecule has 0 fully saturated rings. The van der Waals surface area contributed by atoms with Crippen LogP contribution in [0.3, 0.4) is 0 Å². The zero-order valence-corrected chi connectivity index (χ0v) is 9.66. The standard InChI is InChI=1S/C12H21NO/c1-6-12(14-9(2)3)11-7-10(4)8-13(11)5/h6-7,9,11-12H,1,8H2,2-5H3/t11?,12-/m1/s1. The van der Waals surface area contributed by atoms with Gasteiger partial charge >= 0.3 is 0 Å². The number of likely N-dealkylation sites (N-methyl/N-ethyl adjacent to an activating group) is 1. The summed E-state index contributed by atoms with van der Waals surface area (Å²) in [4.78, 5) is 2.30. The Balaban J connectivity index is 2.64. The Morgan fingerprint density at radius 1 is 1.64 bits per heavy atom. The lowest BCUT2D eigenvalue weighted by molar-refractivity contribution is 0.00474. The fourth-order valence-electron chi connectivity index (χ4n) is 1.91. The van der Waals surface area contributed by atoms with Gasteiger partial charge in [-0.3, -0.25) is 4.90 Å². The molecule has 0 radical (unpaired) electrons. The summed E-state index contributed by atoms with van der Waals surface area (Å²) >= 11 is 0. The van der Waals surface area contributed by atoms with Gasteiger partial charge in [-0.2, -0.15) is 0 Å². The first-order valence-electron chi connectivity index (χ1n) is 5.20. The highest BCUT2D eigenvalue weighted by Gasteiger charge is 2.26. The van der Waals surface area contributed by atoms with Crippen molar-refractivity contribution >= 4 is 0 Å². The molecule has 2 nitrogen and oxygen atoms in total. The molecule has 14 heavy (non-hydrogen) atoms. The lowest BCUT2D eigenvalue weighted by Crippen LogP contribution is -2.38. The predicted molar refractivity (Wildman–Crippen MR) is 60.4 cm³/mol. The third-order valence-corrected chi connectivity index (χ3v) is 2.46. The second-order valence-electron chi connectivity index (χ2n) is 4.30. The molecule has 1 heterocycles. The average Bonchev–Trinajstić information content (AvgIpc) is 2.41. The van der Waals surface area contributed by atoms with Crippen LogP contribution in [0.2, 0.25) is 0 Å². The van der Waals surface area contributed by atoms with E-state index in [0.717, 1.165) is 6.54 Å². The Morgan fingerprint density at radius 2 is 2.29 bits per heavy atom. The Kier molecular flexibility index (Phi) is 3.90. The summed E-state index contributed by atoms with van der Waals surface area (Å²) in [5.74, 6) is 0. The molecule has 0 saturated carbocycles. The molecule has 2 heteroatoms. The fraction of sp³-hybridized carbons (Fsp3) is 0.667. The smallest absolute Gasteiger partial charge is 0.0947 e. The zero-order valence-electron chi connectivity index (χ0n) is 9.66. The Bertz CT molecular complexity index is 232. The topological polar surface area (TPSA) is 12.5 Å². The van der Waals surface area contributed by atoms with E-state index in [1.165, 1.54) is 5.57 Å². The first-order chi connectivity index (χ1) is 6.54. The van der Waals surface area contributed by atoms with E-state index in [2.05, 4.69) is 45.4 Å². The van der Waals surface area contributed by atoms with E-state index in [-0.39, 0.29) is 12.2 Å². The van der Waals surface area contributed by atoms with Gasteiger partial charge in [0.2, 0.25) is 0 Å². The molecule has 1 rings (SSSR count). The summed E-state index contributed by atoms with van der Waals surface area (Å²) in [6.07, 6.45) is 4.53. The Labute approximate surface area is 87.2 Å². The molecule has 2 atom stereocenters. The molecule has 0 N–H and O–H groups in total. The maximum atomic E-state index is 5.80. The minimum atomic E-state index is 0.109. The van der Waals surface area contributed by atoms with Crippen molar-refractivity contribution in [2.24, 2.45) is 0 Å². The third kappa shape index (κ3) is 2.69. The molecule has 0 aliphatic carbocycles. The van der Waals surface area contributed by atoms with Crippen LogP contribution in [0, 0.1) is 0 Å². The lowest BCUT2D eigenvalue weighted by Gasteiger charge is -2.27. The van der Waals surface area contributed by atoms with E-state index in [9.17, 15) is 0 Å². The Morgan fingerprint density at radius 3 is 2.64 bits per heavy atom. The van der Waals surface area contributed by atoms with Gasteiger partial charge in [-0.15, -0.1) is 6.58 Å². The second kappa shape index (κ2) is 4.76. The zero-order chi connectivity index (χ0) is 10.7. The van der Waals surface area contributed by atoms with Gasteiger partial charge in [-0.05, 0) is 27.8 Å². The van der Waals surface area contributed by atoms with Gasteiger partial charge in [-0.1, -0.05) is 17.7 Å². The summed E-state index contributed by atoms with van der Waals surface area (Å²) < 4.78 is 5.80. The molecule has 0 amide bonds. The fourth-order valence-corrected chi connectivity index (χ4v) is 1.91. The van der Waals surface area contributed by atoms with Gasteiger partial charge in [0.05, 0.1) is 18.2 Å². The molecular formula is C12H21NO. The van der Waals surface area contributed by atoms with Gasteiger partial charge in [0, 0.05) is 6.54 Å². The van der Waals surface area contributed by atoms with Crippen LogP contribution in [0.1, 0.15) is 20.8 Å². The second-order valence-corrected chi connectivity index (χ2v) is 4.30. The molecule has 1 aliphatic rings. The highest BCUT2D eigenvalue weighted by Crippen LogP contribution is 2.20. The van der Waals surface area contributed by atoms with Gasteiger partial charge in [-0.25, -0.2) is 0 Å². The number of ether oxygens (including phenoxy) is 1. The lowest BCUT2D eigenvalue weighted by atomic mass is 10.1. The Hall–Kier alpha value is -0.600. The van der Waals surface area contributed by atoms with Gasteiger partial charge in [0.25, 0.3) is 0 Å². The van der Waals surface area contributed by atoms with Crippen LogP contribution < -0.4 is 0 Å². The van der Waals surface area contributed by atoms with E-state index >= 15 is 0 Å². The van der Waals surface area contributed by atoms with Crippen LogP contribution in [0.4, 0.5) is 0 Å². The van der Waals surface area contributed by atoms with E-state index in [4.69, 9.17) is 4.74 Å². The maximum absolute atomic E-state index is 5.80. The highest BCUT2D eigenvalue weighted by atomic mass is 16.5. The van der Waals surface area contributed by atoms with Crippen molar-refractivity contribution in [1.29, 1.82) is 0 Å². The molecule has 80 valence electrons. The molecule has 0 aromatic heterocycles. The maximum Gasteiger partial charge on any atom is 0.0947 e. The van der Waals surface area contributed by atoms with Gasteiger partial charge in [0.1, 0.15) is 0 Å². The summed E-state index contributed by atoms with van der Waals surface area (Å²) in [5, 5.41) is 0. The van der Waals surface area contributed by atoms with Crippen molar-refractivity contribution in [2.45, 2.75) is 39.0 Å². The minimum absolute atomic E-state index is 0.109. The van der Waals surface area contributed by atoms with Crippen LogP contribution in [0.25, 0.3) is 0 Å². The van der Waals surface area contributed by atoms with Crippen LogP contribution in [0.5, 0.6) is 0 Å². The number of hydrogen-bond donors (Lipinski definition) is 0. The van der Waals surface area contributed by atoms with Crippen molar-refractivity contribution in [3.8, 4) is 0 Å². The van der Waals surface area contributed by atoms with Crippen molar-refractivity contribution in [2.75, 3.05) is 13.6 Å². The van der Waals surface area contributed by atoms with Crippen LogP contribution in [-0.4, -0.2) is 36.7 Å². The third-order valence-electron chi connectivity index (χ3n) is 2.46. The summed E-state index contributed by atoms with van der Waals surface area (Å²) in [6.45, 7) is 11.1. The molecular weight excluding hydrogens is 174 g/mol. The summed E-state index contributed by atoms with van der Waals surface area (Å²) in [7, 11) is 2.12. The van der Waals surface area contributed by atoms with E-state index in [1.807, 2.05) is 6.08 Å². The minimum Gasteiger partial charge on any atom is -0.370 e. The first kappa shape index (κ1) is 11.5. The summed E-state index contributed by atoms with van der Waals surface area (Å²) in [5.41, 5.74) is 1.41. The quantitative estimate of drug-likeness (QED) is 0.638. The molecule has 0 bridgehead atoms. The number of nitrogens with zero attached hydrogens (tertiary/aromatic N) is 1. The van der Waals surface area contributed by atoms with E-state index in [1.54, 1.807) is 0 Å². The molecule has 1 aliphatic heterocycles. The normalized spacial score (nSPS) is 25.2. The van der Waals surface area contributed by atoms with Crippen LogP contribution >= 0.6 is 0 Å². The van der Waals surface area contributed by atoms with Crippen LogP contribution in [-0.2, 0) is 4.74 Å². The van der Waals surface area contributed by atoms with Gasteiger partial charge in [0.15, 0.2) is 0 Å². The largest absolute Gasteiger partial charge is 0.370 e. The number of hydrogen-bond acceptors (Lipinski definition) is 2. The van der Waals surface area contributed by atoms with Crippen molar-refractivity contribution in [3.05, 3.63) is 24.3 Å². The molecule has 1 unspecified atom stereocenters. The average molecular weight is 195 g/mol. The van der Waals surface area contributed by atoms with Crippen molar-refractivity contribution in [3.63, 3.8) is 0 Å². The van der Waals surface area contributed by atoms with Crippen molar-refractivity contribution < 1.29 is 4.74 Å². The van der Waals surface area contributed by atoms with E-state index < -0.39 is 0 Å². The highest BCUT2D eigenvalue weighted by molar-refractivity contribution is 5.17. The molecule has 0 aromatic rings. The molecule has 0 saturated heterocycles. The van der Waals surface area contributed by atoms with E-state index in [0.29, 0.717) is 6.04 Å². The molecule has 0 aromatic carbocycles. The predicted octanol–water partition coefficient (Wildman–Crippen LogP) is 2.23. The summed E-state index contributed by atoms with van der Waals surface area (Å²) in [6, 6.07) is 0.356. The monoisotopic (exact) mass is 195 g/mol. The molecule has 0 spiro atoms. The number of rotatable bonds is 4. The van der Waals surface area contributed by atoms with Gasteiger partial charge < -0.3 is 4.74 Å².